The normalized spacial score (nSPS) is 12.6. The molecule has 0 aliphatic rings. The van der Waals surface area contributed by atoms with Gasteiger partial charge < -0.3 is 14.0 Å². The number of methoxy groups -OCH3 is 2. The Morgan fingerprint density at radius 2 is 1.68 bits per heavy atom. The second-order valence-electron chi connectivity index (χ2n) is 8.21. The molecule has 4 rings (SSSR count). The number of nitrogens with one attached hydrogen (secondary N) is 1. The van der Waals surface area contributed by atoms with E-state index in [-0.39, 0.29) is 21.0 Å². The number of thiazole rings is 1. The second-order valence-corrected chi connectivity index (χ2v) is 12.9. The molecule has 13 heteroatoms. The summed E-state index contributed by atoms with van der Waals surface area (Å²) < 4.78 is 64.8. The molecule has 0 atom stereocenters. The molecule has 0 unspecified atom stereocenters. The van der Waals surface area contributed by atoms with E-state index < -0.39 is 25.8 Å². The van der Waals surface area contributed by atoms with Gasteiger partial charge in [0.25, 0.3) is 15.9 Å². The molecule has 1 heterocycles. The number of rotatable bonds is 9. The minimum absolute atomic E-state index is 0.0395. The maximum atomic E-state index is 13.1. The molecule has 0 aliphatic carbocycles. The summed E-state index contributed by atoms with van der Waals surface area (Å²) in [6.07, 6.45) is 1.13. The standard InChI is InChI=1S/C25H25N3O7S3/c1-34-14-13-28-22-12-11-21(37(3,30)31)16-23(22)36-25(28)26-24(29)17-5-4-6-18(15-17)27-38(32,33)20-9-7-19(35-2)8-10-20/h4-12,15-16,27H,13-14H2,1-3H3. The van der Waals surface area contributed by atoms with Crippen LogP contribution in [-0.4, -0.2) is 54.4 Å². The van der Waals surface area contributed by atoms with Crippen LogP contribution < -0.4 is 14.3 Å². The third-order valence-electron chi connectivity index (χ3n) is 5.53. The van der Waals surface area contributed by atoms with Gasteiger partial charge in [-0.15, -0.1) is 0 Å². The Bertz CT molecular complexity index is 1770. The van der Waals surface area contributed by atoms with Crippen molar-refractivity contribution in [3.63, 3.8) is 0 Å². The zero-order valence-corrected chi connectivity index (χ0v) is 23.2. The molecule has 1 aromatic heterocycles. The summed E-state index contributed by atoms with van der Waals surface area (Å²) in [5, 5.41) is 0. The number of carbonyl (C=O) groups excluding carboxylic acids is 1. The van der Waals surface area contributed by atoms with Crippen molar-refractivity contribution >= 4 is 53.0 Å². The lowest BCUT2D eigenvalue weighted by Crippen LogP contribution is -2.19. The van der Waals surface area contributed by atoms with Gasteiger partial charge in [0, 0.05) is 31.2 Å². The summed E-state index contributed by atoms with van der Waals surface area (Å²) >= 11 is 1.18. The summed E-state index contributed by atoms with van der Waals surface area (Å²) in [5.74, 6) is -0.0637. The summed E-state index contributed by atoms with van der Waals surface area (Å²) in [4.78, 5) is 17.9. The average Bonchev–Trinajstić information content (AvgIpc) is 3.22. The highest BCUT2D eigenvalue weighted by atomic mass is 32.2. The van der Waals surface area contributed by atoms with Crippen molar-refractivity contribution in [3.8, 4) is 5.75 Å². The molecule has 0 spiro atoms. The Hall–Kier alpha value is -3.52. The second kappa shape index (κ2) is 11.1. The number of amides is 1. The van der Waals surface area contributed by atoms with E-state index in [1.54, 1.807) is 29.9 Å². The Balaban J connectivity index is 1.68. The fraction of sp³-hybridized carbons (Fsp3) is 0.200. The number of hydrogen-bond donors (Lipinski definition) is 1. The fourth-order valence-electron chi connectivity index (χ4n) is 3.60. The van der Waals surface area contributed by atoms with Crippen molar-refractivity contribution in [2.75, 3.05) is 31.8 Å². The first-order valence-electron chi connectivity index (χ1n) is 11.2. The van der Waals surface area contributed by atoms with Crippen molar-refractivity contribution in [2.24, 2.45) is 4.99 Å². The Kier molecular flexibility index (Phi) is 8.02. The number of ether oxygens (including phenoxy) is 2. The molecule has 0 saturated carbocycles. The van der Waals surface area contributed by atoms with Crippen LogP contribution in [0.25, 0.3) is 10.2 Å². The first-order chi connectivity index (χ1) is 18.0. The molecule has 1 N–H and O–H groups in total. The molecular weight excluding hydrogens is 550 g/mol. The maximum absolute atomic E-state index is 13.1. The molecule has 0 radical (unpaired) electrons. The van der Waals surface area contributed by atoms with Gasteiger partial charge in [0.1, 0.15) is 5.75 Å². The number of sulfonamides is 1. The van der Waals surface area contributed by atoms with Gasteiger partial charge in [-0.25, -0.2) is 16.8 Å². The number of aromatic nitrogens is 1. The number of carbonyl (C=O) groups is 1. The lowest BCUT2D eigenvalue weighted by atomic mass is 10.2. The fourth-order valence-corrected chi connectivity index (χ4v) is 6.47. The number of benzene rings is 3. The van der Waals surface area contributed by atoms with Gasteiger partial charge in [0.15, 0.2) is 14.6 Å². The van der Waals surface area contributed by atoms with Crippen molar-refractivity contribution in [1.82, 2.24) is 4.57 Å². The lowest BCUT2D eigenvalue weighted by Gasteiger charge is -2.09. The third kappa shape index (κ3) is 6.13. The topological polar surface area (TPSA) is 133 Å². The SMILES string of the molecule is COCCn1c(=NC(=O)c2cccc(NS(=O)(=O)c3ccc(OC)cc3)c2)sc2cc(S(C)(=O)=O)ccc21. The van der Waals surface area contributed by atoms with Gasteiger partial charge in [-0.05, 0) is 60.7 Å². The Morgan fingerprint density at radius 3 is 2.34 bits per heavy atom. The molecule has 0 fully saturated rings. The van der Waals surface area contributed by atoms with Crippen LogP contribution >= 0.6 is 11.3 Å². The average molecular weight is 576 g/mol. The van der Waals surface area contributed by atoms with Gasteiger partial charge in [0.2, 0.25) is 0 Å². The first kappa shape index (κ1) is 27.5. The molecule has 38 heavy (non-hydrogen) atoms. The van der Waals surface area contributed by atoms with E-state index in [2.05, 4.69) is 9.71 Å². The number of hydrogen-bond acceptors (Lipinski definition) is 8. The van der Waals surface area contributed by atoms with Crippen LogP contribution in [0.4, 0.5) is 5.69 Å². The molecule has 10 nitrogen and oxygen atoms in total. The van der Waals surface area contributed by atoms with E-state index in [1.165, 1.54) is 67.0 Å². The maximum Gasteiger partial charge on any atom is 0.279 e. The molecule has 3 aromatic carbocycles. The van der Waals surface area contributed by atoms with Gasteiger partial charge in [-0.2, -0.15) is 4.99 Å². The number of nitrogens with zero attached hydrogens (tertiary/aromatic N) is 2. The van der Waals surface area contributed by atoms with Crippen LogP contribution in [0.2, 0.25) is 0 Å². The van der Waals surface area contributed by atoms with E-state index in [0.29, 0.717) is 33.9 Å². The van der Waals surface area contributed by atoms with Gasteiger partial charge in [-0.3, -0.25) is 9.52 Å². The highest BCUT2D eigenvalue weighted by molar-refractivity contribution is 7.92. The minimum Gasteiger partial charge on any atom is -0.497 e. The summed E-state index contributed by atoms with van der Waals surface area (Å²) in [7, 11) is -4.28. The minimum atomic E-state index is -3.90. The monoisotopic (exact) mass is 575 g/mol. The van der Waals surface area contributed by atoms with E-state index in [0.717, 1.165) is 6.26 Å². The first-order valence-corrected chi connectivity index (χ1v) is 15.4. The van der Waals surface area contributed by atoms with Crippen LogP contribution in [-0.2, 0) is 31.1 Å². The quantitative estimate of drug-likeness (QED) is 0.324. The highest BCUT2D eigenvalue weighted by Gasteiger charge is 2.16. The summed E-state index contributed by atoms with van der Waals surface area (Å²) in [5.41, 5.74) is 1.09. The smallest absolute Gasteiger partial charge is 0.279 e. The number of fused-ring (bicyclic) bond motifs is 1. The Labute approximate surface area is 224 Å². The van der Waals surface area contributed by atoms with Crippen LogP contribution in [0.3, 0.4) is 0 Å². The zero-order chi connectivity index (χ0) is 27.5. The predicted molar refractivity (Wildman–Crippen MR) is 145 cm³/mol. The van der Waals surface area contributed by atoms with Gasteiger partial charge >= 0.3 is 0 Å². The van der Waals surface area contributed by atoms with Crippen LogP contribution in [0.5, 0.6) is 5.75 Å². The summed E-state index contributed by atoms with van der Waals surface area (Å²) in [6.45, 7) is 0.742. The molecule has 0 aliphatic heterocycles. The lowest BCUT2D eigenvalue weighted by molar-refractivity contribution is 0.0997. The van der Waals surface area contributed by atoms with Crippen LogP contribution in [0.15, 0.2) is 81.5 Å². The van der Waals surface area contributed by atoms with Gasteiger partial charge in [0.05, 0.1) is 33.7 Å². The number of sulfone groups is 1. The van der Waals surface area contributed by atoms with E-state index in [1.807, 2.05) is 0 Å². The largest absolute Gasteiger partial charge is 0.497 e. The molecule has 4 aromatic rings. The Morgan fingerprint density at radius 1 is 0.974 bits per heavy atom. The summed E-state index contributed by atoms with van der Waals surface area (Å²) in [6, 6.07) is 16.7. The van der Waals surface area contributed by atoms with E-state index in [4.69, 9.17) is 9.47 Å². The highest BCUT2D eigenvalue weighted by Crippen LogP contribution is 2.23. The predicted octanol–water partition coefficient (Wildman–Crippen LogP) is 3.30. The molecule has 0 saturated heterocycles. The van der Waals surface area contributed by atoms with Crippen molar-refractivity contribution in [1.29, 1.82) is 0 Å². The van der Waals surface area contributed by atoms with Gasteiger partial charge in [-0.1, -0.05) is 17.4 Å². The van der Waals surface area contributed by atoms with E-state index in [9.17, 15) is 21.6 Å². The molecule has 0 bridgehead atoms. The van der Waals surface area contributed by atoms with Crippen LogP contribution in [0.1, 0.15) is 10.4 Å². The zero-order valence-electron chi connectivity index (χ0n) is 20.7. The molecule has 200 valence electrons. The third-order valence-corrected chi connectivity index (χ3v) is 9.08. The van der Waals surface area contributed by atoms with Crippen LogP contribution in [0, 0.1) is 0 Å². The van der Waals surface area contributed by atoms with Crippen molar-refractivity contribution in [3.05, 3.63) is 77.1 Å². The van der Waals surface area contributed by atoms with E-state index >= 15 is 0 Å². The van der Waals surface area contributed by atoms with Crippen molar-refractivity contribution in [2.45, 2.75) is 16.3 Å². The molecular formula is C25H25N3O7S3. The number of anilines is 1. The molecule has 1 amide bonds. The van der Waals surface area contributed by atoms with Crippen molar-refractivity contribution < 1.29 is 31.1 Å².